The first-order chi connectivity index (χ1) is 12.4. The lowest BCUT2D eigenvalue weighted by Crippen LogP contribution is -2.26. The molecule has 0 spiro atoms. The molecule has 1 fully saturated rings. The zero-order valence-corrected chi connectivity index (χ0v) is 14.1. The van der Waals surface area contributed by atoms with Gasteiger partial charge in [-0.15, -0.1) is 15.3 Å². The van der Waals surface area contributed by atoms with Gasteiger partial charge in [0.25, 0.3) is 5.82 Å². The summed E-state index contributed by atoms with van der Waals surface area (Å²) in [7, 11) is 0. The Labute approximate surface area is 151 Å². The molecule has 3 heterocycles. The van der Waals surface area contributed by atoms with Crippen LogP contribution in [0.2, 0.25) is 5.02 Å². The minimum atomic E-state index is -4.62. The number of fused-ring (bicyclic) bond motifs is 1. The van der Waals surface area contributed by atoms with Gasteiger partial charge in [0.1, 0.15) is 17.7 Å². The first kappa shape index (κ1) is 16.9. The van der Waals surface area contributed by atoms with E-state index in [4.69, 9.17) is 16.3 Å². The van der Waals surface area contributed by atoms with Gasteiger partial charge in [0, 0.05) is 18.0 Å². The minimum Gasteiger partial charge on any atom is -0.488 e. The quantitative estimate of drug-likeness (QED) is 0.693. The highest BCUT2D eigenvalue weighted by Gasteiger charge is 2.38. The van der Waals surface area contributed by atoms with Crippen LogP contribution in [0.3, 0.4) is 0 Å². The van der Waals surface area contributed by atoms with Crippen LogP contribution in [0.5, 0.6) is 5.75 Å². The molecular formula is C16H13ClF3N5O. The van der Waals surface area contributed by atoms with Crippen LogP contribution in [-0.4, -0.2) is 39.0 Å². The van der Waals surface area contributed by atoms with E-state index in [1.807, 2.05) is 11.0 Å². The fraction of sp³-hybridized carbons (Fsp3) is 0.312. The van der Waals surface area contributed by atoms with Crippen molar-refractivity contribution >= 4 is 23.1 Å². The Kier molecular flexibility index (Phi) is 4.10. The van der Waals surface area contributed by atoms with E-state index in [0.29, 0.717) is 29.7 Å². The smallest absolute Gasteiger partial charge is 0.453 e. The van der Waals surface area contributed by atoms with Crippen LogP contribution >= 0.6 is 11.6 Å². The van der Waals surface area contributed by atoms with Crippen LogP contribution in [-0.2, 0) is 6.18 Å². The number of rotatable bonds is 3. The lowest BCUT2D eigenvalue weighted by atomic mass is 10.3. The number of ether oxygens (including phenoxy) is 1. The summed E-state index contributed by atoms with van der Waals surface area (Å²) in [5.74, 6) is -0.0637. The molecule has 6 nitrogen and oxygen atoms in total. The highest BCUT2D eigenvalue weighted by atomic mass is 35.5. The largest absolute Gasteiger partial charge is 0.488 e. The highest BCUT2D eigenvalue weighted by molar-refractivity contribution is 6.30. The molecule has 1 aliphatic rings. The lowest BCUT2D eigenvalue weighted by Gasteiger charge is -2.18. The number of aromatic nitrogens is 4. The molecule has 0 bridgehead atoms. The second-order valence-electron chi connectivity index (χ2n) is 5.91. The monoisotopic (exact) mass is 383 g/mol. The van der Waals surface area contributed by atoms with Gasteiger partial charge in [0.05, 0.1) is 6.54 Å². The summed E-state index contributed by atoms with van der Waals surface area (Å²) in [4.78, 5) is 1.87. The van der Waals surface area contributed by atoms with Gasteiger partial charge in [-0.05, 0) is 30.3 Å². The molecule has 0 N–H and O–H groups in total. The number of anilines is 1. The summed E-state index contributed by atoms with van der Waals surface area (Å²) in [5, 5.41) is 11.3. The summed E-state index contributed by atoms with van der Waals surface area (Å²) in [6.45, 7) is 1.13. The number of hydrogen-bond acceptors (Lipinski definition) is 5. The van der Waals surface area contributed by atoms with E-state index in [1.54, 1.807) is 24.3 Å². The van der Waals surface area contributed by atoms with Crippen LogP contribution in [0, 0.1) is 0 Å². The van der Waals surface area contributed by atoms with Crippen molar-refractivity contribution in [3.63, 3.8) is 0 Å². The van der Waals surface area contributed by atoms with E-state index < -0.39 is 12.0 Å². The van der Waals surface area contributed by atoms with Gasteiger partial charge in [-0.1, -0.05) is 17.7 Å². The average Bonchev–Trinajstić information content (AvgIpc) is 3.20. The Morgan fingerprint density at radius 1 is 1.15 bits per heavy atom. The first-order valence-corrected chi connectivity index (χ1v) is 8.25. The molecule has 2 aromatic heterocycles. The maximum absolute atomic E-state index is 13.0. The SMILES string of the molecule is FC(F)(F)c1nnc2ccc(N3CCC(Oc4cccc(Cl)c4)C3)nn12. The second-order valence-corrected chi connectivity index (χ2v) is 6.35. The van der Waals surface area contributed by atoms with Crippen molar-refractivity contribution in [2.24, 2.45) is 0 Å². The maximum atomic E-state index is 13.0. The molecule has 10 heteroatoms. The maximum Gasteiger partial charge on any atom is 0.453 e. The lowest BCUT2D eigenvalue weighted by molar-refractivity contribution is -0.146. The van der Waals surface area contributed by atoms with Crippen molar-refractivity contribution in [1.29, 1.82) is 0 Å². The van der Waals surface area contributed by atoms with Gasteiger partial charge in [-0.25, -0.2) is 0 Å². The number of benzene rings is 1. The van der Waals surface area contributed by atoms with Gasteiger partial charge >= 0.3 is 6.18 Å². The molecule has 0 radical (unpaired) electrons. The molecule has 0 saturated carbocycles. The number of halogens is 4. The van der Waals surface area contributed by atoms with Crippen molar-refractivity contribution in [2.45, 2.75) is 18.7 Å². The molecule has 4 rings (SSSR count). The first-order valence-electron chi connectivity index (χ1n) is 7.87. The van der Waals surface area contributed by atoms with E-state index >= 15 is 0 Å². The van der Waals surface area contributed by atoms with E-state index in [1.165, 1.54) is 6.07 Å². The molecule has 1 aliphatic heterocycles. The van der Waals surface area contributed by atoms with Crippen molar-refractivity contribution in [1.82, 2.24) is 19.8 Å². The molecule has 1 saturated heterocycles. The third-order valence-electron chi connectivity index (χ3n) is 4.07. The van der Waals surface area contributed by atoms with Crippen LogP contribution < -0.4 is 9.64 Å². The summed E-state index contributed by atoms with van der Waals surface area (Å²) in [6.07, 6.45) is -4.00. The standard InChI is InChI=1S/C16H13ClF3N5O/c17-10-2-1-3-11(8-10)26-12-6-7-24(9-12)14-5-4-13-21-22-15(16(18,19)20)25(13)23-14/h1-5,8,12H,6-7,9H2. The molecule has 3 aromatic rings. The summed E-state index contributed by atoms with van der Waals surface area (Å²) in [6, 6.07) is 10.2. The number of alkyl halides is 3. The van der Waals surface area contributed by atoms with Crippen LogP contribution in [0.25, 0.3) is 5.65 Å². The molecule has 26 heavy (non-hydrogen) atoms. The van der Waals surface area contributed by atoms with Gasteiger partial charge in [0.15, 0.2) is 5.65 Å². The highest BCUT2D eigenvalue weighted by Crippen LogP contribution is 2.29. The van der Waals surface area contributed by atoms with Crippen LogP contribution in [0.4, 0.5) is 19.0 Å². The van der Waals surface area contributed by atoms with Crippen molar-refractivity contribution < 1.29 is 17.9 Å². The Bertz CT molecular complexity index is 945. The fourth-order valence-corrected chi connectivity index (χ4v) is 3.07. The topological polar surface area (TPSA) is 55.5 Å². The molecule has 1 unspecified atom stereocenters. The average molecular weight is 384 g/mol. The van der Waals surface area contributed by atoms with Crippen molar-refractivity contribution in [3.8, 4) is 5.75 Å². The van der Waals surface area contributed by atoms with Gasteiger partial charge in [-0.3, -0.25) is 0 Å². The van der Waals surface area contributed by atoms with Crippen molar-refractivity contribution in [2.75, 3.05) is 18.0 Å². The van der Waals surface area contributed by atoms with Crippen LogP contribution in [0.15, 0.2) is 36.4 Å². The zero-order valence-electron chi connectivity index (χ0n) is 13.3. The van der Waals surface area contributed by atoms with E-state index in [0.717, 1.165) is 10.9 Å². The van der Waals surface area contributed by atoms with E-state index in [9.17, 15) is 13.2 Å². The van der Waals surface area contributed by atoms with E-state index in [-0.39, 0.29) is 11.8 Å². The Hall–Kier alpha value is -2.55. The molecule has 1 atom stereocenters. The van der Waals surface area contributed by atoms with Crippen molar-refractivity contribution in [3.05, 3.63) is 47.2 Å². The number of hydrogen-bond donors (Lipinski definition) is 0. The fourth-order valence-electron chi connectivity index (χ4n) is 2.89. The van der Waals surface area contributed by atoms with Gasteiger partial charge in [-0.2, -0.15) is 17.7 Å². The Balaban J connectivity index is 1.53. The summed E-state index contributed by atoms with van der Waals surface area (Å²) < 4.78 is 45.6. The third kappa shape index (κ3) is 3.26. The molecule has 136 valence electrons. The minimum absolute atomic E-state index is 0.0481. The van der Waals surface area contributed by atoms with Crippen LogP contribution in [0.1, 0.15) is 12.2 Å². The predicted molar refractivity (Wildman–Crippen MR) is 88.5 cm³/mol. The molecule has 0 aliphatic carbocycles. The molecule has 0 amide bonds. The van der Waals surface area contributed by atoms with E-state index in [2.05, 4.69) is 15.3 Å². The summed E-state index contributed by atoms with van der Waals surface area (Å²) >= 11 is 5.94. The predicted octanol–water partition coefficient (Wildman–Crippen LogP) is 3.45. The third-order valence-corrected chi connectivity index (χ3v) is 4.31. The summed E-state index contributed by atoms with van der Waals surface area (Å²) in [5.41, 5.74) is 0.0481. The molecular weight excluding hydrogens is 371 g/mol. The number of nitrogens with zero attached hydrogens (tertiary/aromatic N) is 5. The van der Waals surface area contributed by atoms with Gasteiger partial charge in [0.2, 0.25) is 0 Å². The van der Waals surface area contributed by atoms with Gasteiger partial charge < -0.3 is 9.64 Å². The zero-order chi connectivity index (χ0) is 18.3. The second kappa shape index (κ2) is 6.31. The normalized spacial score (nSPS) is 17.8. The molecule has 1 aromatic carbocycles. The Morgan fingerprint density at radius 3 is 2.77 bits per heavy atom. The Morgan fingerprint density at radius 2 is 2.00 bits per heavy atom.